The lowest BCUT2D eigenvalue weighted by molar-refractivity contribution is 0.185. The van der Waals surface area contributed by atoms with Gasteiger partial charge in [-0.05, 0) is 55.8 Å². The summed E-state index contributed by atoms with van der Waals surface area (Å²) < 4.78 is 7.78. The van der Waals surface area contributed by atoms with Crippen molar-refractivity contribution in [2.24, 2.45) is 0 Å². The number of nitrogens with one attached hydrogen (secondary N) is 1. The molecule has 0 saturated carbocycles. The molecule has 0 aliphatic rings. The average molecular weight is 395 g/mol. The molecule has 0 aliphatic heterocycles. The molecule has 108 valence electrons. The van der Waals surface area contributed by atoms with E-state index in [0.717, 1.165) is 20.3 Å². The van der Waals surface area contributed by atoms with Crippen LogP contribution in [0.4, 0.5) is 0 Å². The Morgan fingerprint density at radius 1 is 1.32 bits per heavy atom. The summed E-state index contributed by atoms with van der Waals surface area (Å²) in [6.45, 7) is 8.65. The van der Waals surface area contributed by atoms with Gasteiger partial charge in [0.2, 0.25) is 0 Å². The first-order valence-corrected chi connectivity index (χ1v) is 7.84. The highest BCUT2D eigenvalue weighted by atomic mass is 79.9. The van der Waals surface area contributed by atoms with Crippen molar-refractivity contribution in [3.8, 4) is 5.75 Å². The average Bonchev–Trinajstić information content (AvgIpc) is 2.30. The van der Waals surface area contributed by atoms with Crippen LogP contribution >= 0.6 is 31.9 Å². The summed E-state index contributed by atoms with van der Waals surface area (Å²) in [7, 11) is 0. The Balaban J connectivity index is 2.97. The van der Waals surface area contributed by atoms with Crippen molar-refractivity contribution in [1.82, 2.24) is 5.32 Å². The normalized spacial score (nSPS) is 12.0. The second-order valence-corrected chi connectivity index (χ2v) is 7.21. The number of ether oxygens (including phenoxy) is 1. The monoisotopic (exact) mass is 393 g/mol. The first kappa shape index (κ1) is 17.0. The number of rotatable bonds is 6. The van der Waals surface area contributed by atoms with Gasteiger partial charge in [-0.25, -0.2) is 0 Å². The van der Waals surface area contributed by atoms with Crippen molar-refractivity contribution in [3.05, 3.63) is 26.6 Å². The largest absolute Gasteiger partial charge is 0.489 e. The fourth-order valence-electron chi connectivity index (χ4n) is 1.50. The second-order valence-electron chi connectivity index (χ2n) is 5.44. The summed E-state index contributed by atoms with van der Waals surface area (Å²) in [6.07, 6.45) is 0.113. The van der Waals surface area contributed by atoms with Gasteiger partial charge in [-0.3, -0.25) is 0 Å². The smallest absolute Gasteiger partial charge is 0.138 e. The third kappa shape index (κ3) is 5.42. The molecule has 0 saturated heterocycles. The van der Waals surface area contributed by atoms with E-state index in [4.69, 9.17) is 4.74 Å². The van der Waals surface area contributed by atoms with E-state index in [1.807, 2.05) is 39.8 Å². The highest BCUT2D eigenvalue weighted by Crippen LogP contribution is 2.33. The number of hydrogen-bond donors (Lipinski definition) is 2. The molecule has 3 nitrogen and oxygen atoms in total. The van der Waals surface area contributed by atoms with Gasteiger partial charge >= 0.3 is 0 Å². The van der Waals surface area contributed by atoms with E-state index in [9.17, 15) is 5.11 Å². The van der Waals surface area contributed by atoms with Crippen molar-refractivity contribution in [3.63, 3.8) is 0 Å². The van der Waals surface area contributed by atoms with Crippen LogP contribution in [-0.4, -0.2) is 23.4 Å². The molecular weight excluding hydrogens is 374 g/mol. The van der Waals surface area contributed by atoms with Crippen molar-refractivity contribution in [1.29, 1.82) is 0 Å². The lowest BCUT2D eigenvalue weighted by Crippen LogP contribution is -2.42. The molecule has 0 spiro atoms. The maximum Gasteiger partial charge on any atom is 0.138 e. The molecule has 0 bridgehead atoms. The first-order valence-electron chi connectivity index (χ1n) is 6.25. The summed E-state index contributed by atoms with van der Waals surface area (Å²) >= 11 is 7.02. The van der Waals surface area contributed by atoms with Gasteiger partial charge in [0.25, 0.3) is 0 Å². The zero-order chi connectivity index (χ0) is 14.6. The number of halogens is 2. The maximum absolute atomic E-state index is 9.28. The molecule has 5 heteroatoms. The molecule has 0 amide bonds. The first-order chi connectivity index (χ1) is 8.75. The van der Waals surface area contributed by atoms with Crippen LogP contribution in [0.5, 0.6) is 5.75 Å². The summed E-state index contributed by atoms with van der Waals surface area (Å²) in [5.41, 5.74) is 0.737. The zero-order valence-electron chi connectivity index (χ0n) is 11.8. The molecule has 0 aliphatic carbocycles. The Labute approximate surface area is 132 Å². The lowest BCUT2D eigenvalue weighted by Gasteiger charge is -2.25. The standard InChI is InChI=1S/C14H21Br2NO2/c1-9(2)19-13-10(5-11(15)6-12(13)16)7-17-14(3,4)8-18/h5-6,9,17-18H,7-8H2,1-4H3. The predicted molar refractivity (Wildman–Crippen MR) is 85.6 cm³/mol. The van der Waals surface area contributed by atoms with Crippen molar-refractivity contribution in [2.75, 3.05) is 6.61 Å². The van der Waals surface area contributed by atoms with E-state index in [-0.39, 0.29) is 18.2 Å². The third-order valence-corrected chi connectivity index (χ3v) is 3.64. The molecule has 0 unspecified atom stereocenters. The second kappa shape index (κ2) is 7.07. The lowest BCUT2D eigenvalue weighted by atomic mass is 10.1. The Kier molecular flexibility index (Phi) is 6.30. The molecule has 2 N–H and O–H groups in total. The summed E-state index contributed by atoms with van der Waals surface area (Å²) in [6, 6.07) is 4.00. The van der Waals surface area contributed by atoms with Crippen molar-refractivity contribution < 1.29 is 9.84 Å². The number of hydrogen-bond acceptors (Lipinski definition) is 3. The Bertz CT molecular complexity index is 434. The molecule has 19 heavy (non-hydrogen) atoms. The van der Waals surface area contributed by atoms with Gasteiger partial charge in [0.15, 0.2) is 0 Å². The number of aliphatic hydroxyl groups is 1. The van der Waals surface area contributed by atoms with Gasteiger partial charge in [0.05, 0.1) is 17.2 Å². The number of aliphatic hydroxyl groups excluding tert-OH is 1. The van der Waals surface area contributed by atoms with E-state index in [2.05, 4.69) is 37.2 Å². The molecule has 0 heterocycles. The molecule has 0 radical (unpaired) electrons. The van der Waals surface area contributed by atoms with Crippen LogP contribution in [0.1, 0.15) is 33.3 Å². The minimum Gasteiger partial charge on any atom is -0.489 e. The number of benzene rings is 1. The van der Waals surface area contributed by atoms with Gasteiger partial charge in [-0.15, -0.1) is 0 Å². The summed E-state index contributed by atoms with van der Waals surface area (Å²) in [5, 5.41) is 12.6. The van der Waals surface area contributed by atoms with Crippen LogP contribution in [0.25, 0.3) is 0 Å². The van der Waals surface area contributed by atoms with E-state index in [1.54, 1.807) is 0 Å². The van der Waals surface area contributed by atoms with Crippen molar-refractivity contribution in [2.45, 2.75) is 45.9 Å². The highest BCUT2D eigenvalue weighted by molar-refractivity contribution is 9.11. The minimum absolute atomic E-state index is 0.0859. The Hall–Kier alpha value is -0.100. The molecular formula is C14H21Br2NO2. The Morgan fingerprint density at radius 3 is 2.47 bits per heavy atom. The SMILES string of the molecule is CC(C)Oc1c(Br)cc(Br)cc1CNC(C)(C)CO. The van der Waals surface area contributed by atoms with Gasteiger partial charge in [0.1, 0.15) is 5.75 Å². The quantitative estimate of drug-likeness (QED) is 0.769. The topological polar surface area (TPSA) is 41.5 Å². The van der Waals surface area contributed by atoms with Crippen LogP contribution in [0.3, 0.4) is 0 Å². The minimum atomic E-state index is -0.316. The van der Waals surface area contributed by atoms with Crippen LogP contribution in [-0.2, 0) is 6.54 Å². The Morgan fingerprint density at radius 2 is 1.95 bits per heavy atom. The van der Waals surface area contributed by atoms with Crippen LogP contribution < -0.4 is 10.1 Å². The van der Waals surface area contributed by atoms with Gasteiger partial charge in [0, 0.05) is 22.1 Å². The van der Waals surface area contributed by atoms with Gasteiger partial charge in [-0.1, -0.05) is 15.9 Å². The molecule has 0 fully saturated rings. The van der Waals surface area contributed by atoms with Crippen molar-refractivity contribution >= 4 is 31.9 Å². The molecule has 1 aromatic carbocycles. The molecule has 1 rings (SSSR count). The summed E-state index contributed by atoms with van der Waals surface area (Å²) in [4.78, 5) is 0. The van der Waals surface area contributed by atoms with Crippen LogP contribution in [0, 0.1) is 0 Å². The predicted octanol–water partition coefficient (Wildman–Crippen LogP) is 3.86. The fraction of sp³-hybridized carbons (Fsp3) is 0.571. The van der Waals surface area contributed by atoms with Gasteiger partial charge < -0.3 is 15.2 Å². The van der Waals surface area contributed by atoms with Gasteiger partial charge in [-0.2, -0.15) is 0 Å². The van der Waals surface area contributed by atoms with Crippen LogP contribution in [0.2, 0.25) is 0 Å². The molecule has 0 atom stereocenters. The summed E-state index contributed by atoms with van der Waals surface area (Å²) in [5.74, 6) is 0.847. The van der Waals surface area contributed by atoms with E-state index in [1.165, 1.54) is 0 Å². The van der Waals surface area contributed by atoms with E-state index in [0.29, 0.717) is 6.54 Å². The maximum atomic E-state index is 9.28. The third-order valence-electron chi connectivity index (χ3n) is 2.59. The zero-order valence-corrected chi connectivity index (χ0v) is 14.9. The van der Waals surface area contributed by atoms with E-state index >= 15 is 0 Å². The van der Waals surface area contributed by atoms with Crippen LogP contribution in [0.15, 0.2) is 21.1 Å². The molecule has 0 aromatic heterocycles. The van der Waals surface area contributed by atoms with E-state index < -0.39 is 0 Å². The molecule has 1 aromatic rings. The fourth-order valence-corrected chi connectivity index (χ4v) is 2.91. The highest BCUT2D eigenvalue weighted by Gasteiger charge is 2.18.